The van der Waals surface area contributed by atoms with Crippen molar-refractivity contribution < 1.29 is 9.47 Å². The van der Waals surface area contributed by atoms with Gasteiger partial charge in [-0.1, -0.05) is 13.8 Å². The molecule has 1 spiro atoms. The number of hydrogen-bond acceptors (Lipinski definition) is 7. The van der Waals surface area contributed by atoms with Crippen LogP contribution in [0.25, 0.3) is 27.3 Å². The molecule has 0 atom stereocenters. The van der Waals surface area contributed by atoms with E-state index in [1.54, 1.807) is 18.0 Å². The van der Waals surface area contributed by atoms with Crippen molar-refractivity contribution >= 4 is 27.3 Å². The van der Waals surface area contributed by atoms with Gasteiger partial charge in [0.05, 0.1) is 31.0 Å². The van der Waals surface area contributed by atoms with Crippen LogP contribution in [0.4, 0.5) is 0 Å². The minimum atomic E-state index is 0.344. The van der Waals surface area contributed by atoms with Crippen molar-refractivity contribution in [2.24, 2.45) is 5.41 Å². The maximum atomic E-state index is 5.60. The molecule has 35 heavy (non-hydrogen) atoms. The van der Waals surface area contributed by atoms with Crippen LogP contribution in [0.15, 0.2) is 18.6 Å². The zero-order chi connectivity index (χ0) is 23.7. The number of nitrogens with zero attached hydrogens (tertiary/aromatic N) is 5. The van der Waals surface area contributed by atoms with Gasteiger partial charge in [-0.15, -0.1) is 11.3 Å². The Bertz CT molecular complexity index is 1380. The molecule has 1 N–H and O–H groups in total. The quantitative estimate of drug-likeness (QED) is 0.430. The van der Waals surface area contributed by atoms with Gasteiger partial charge >= 0.3 is 0 Å². The van der Waals surface area contributed by atoms with Crippen molar-refractivity contribution in [1.29, 1.82) is 0 Å². The van der Waals surface area contributed by atoms with Crippen LogP contribution in [0.1, 0.15) is 61.9 Å². The molecule has 0 radical (unpaired) electrons. The fourth-order valence-electron chi connectivity index (χ4n) is 6.39. The van der Waals surface area contributed by atoms with Crippen molar-refractivity contribution in [1.82, 2.24) is 29.5 Å². The van der Waals surface area contributed by atoms with E-state index in [1.165, 1.54) is 54.2 Å². The number of thiazole rings is 1. The summed E-state index contributed by atoms with van der Waals surface area (Å²) in [5.41, 5.74) is 5.78. The van der Waals surface area contributed by atoms with E-state index in [-0.39, 0.29) is 0 Å². The van der Waals surface area contributed by atoms with E-state index in [0.717, 1.165) is 47.4 Å². The fraction of sp³-hybridized carbons (Fsp3) is 0.577. The standard InChI is InChI=1S/C26H32N6O2S/c1-15(2)20-21(17-8-19(33-3)23-27-14-28-32(23)9-17)29-25-22(20)30-24(35-25)16-4-6-18(7-5-16)31-10-26(11-31)12-34-13-26/h8-9,14-16,18,29H,4-7,10-13H2,1-3H3. The molecule has 4 aromatic rings. The maximum absolute atomic E-state index is 5.60. The number of rotatable bonds is 5. The van der Waals surface area contributed by atoms with Gasteiger partial charge in [-0.3, -0.25) is 4.90 Å². The third-order valence-corrected chi connectivity index (χ3v) is 9.42. The van der Waals surface area contributed by atoms with Crippen LogP contribution in [-0.2, 0) is 4.74 Å². The van der Waals surface area contributed by atoms with Gasteiger partial charge in [0.25, 0.3) is 0 Å². The lowest BCUT2D eigenvalue weighted by molar-refractivity contribution is -0.200. The van der Waals surface area contributed by atoms with Crippen LogP contribution in [0, 0.1) is 5.41 Å². The summed E-state index contributed by atoms with van der Waals surface area (Å²) >= 11 is 1.85. The number of fused-ring (bicyclic) bond motifs is 2. The summed E-state index contributed by atoms with van der Waals surface area (Å²) in [4.78, 5) is 17.1. The number of nitrogens with one attached hydrogen (secondary N) is 1. The van der Waals surface area contributed by atoms with E-state index in [0.29, 0.717) is 17.3 Å². The highest BCUT2D eigenvalue weighted by atomic mass is 32.1. The molecule has 0 aromatic carbocycles. The van der Waals surface area contributed by atoms with Gasteiger partial charge in [0.15, 0.2) is 11.4 Å². The van der Waals surface area contributed by atoms with Gasteiger partial charge in [-0.2, -0.15) is 5.10 Å². The van der Waals surface area contributed by atoms with Gasteiger partial charge in [0.2, 0.25) is 0 Å². The summed E-state index contributed by atoms with van der Waals surface area (Å²) in [5, 5.41) is 5.64. The summed E-state index contributed by atoms with van der Waals surface area (Å²) < 4.78 is 12.8. The van der Waals surface area contributed by atoms with Crippen LogP contribution in [-0.4, -0.2) is 68.9 Å². The van der Waals surface area contributed by atoms with Gasteiger partial charge in [0, 0.05) is 47.8 Å². The van der Waals surface area contributed by atoms with Crippen molar-refractivity contribution in [3.63, 3.8) is 0 Å². The summed E-state index contributed by atoms with van der Waals surface area (Å²) in [6.45, 7) is 8.93. The molecule has 8 nitrogen and oxygen atoms in total. The molecule has 4 aromatic heterocycles. The molecule has 9 heteroatoms. The number of H-pyrrole nitrogens is 1. The largest absolute Gasteiger partial charge is 0.493 e. The number of aromatic nitrogens is 5. The zero-order valence-corrected chi connectivity index (χ0v) is 21.4. The molecule has 1 aliphatic carbocycles. The molecular weight excluding hydrogens is 460 g/mol. The highest BCUT2D eigenvalue weighted by molar-refractivity contribution is 7.18. The number of pyridine rings is 1. The second-order valence-electron chi connectivity index (χ2n) is 11.0. The van der Waals surface area contributed by atoms with Gasteiger partial charge in [0.1, 0.15) is 16.7 Å². The van der Waals surface area contributed by atoms with Crippen LogP contribution in [0.3, 0.4) is 0 Å². The van der Waals surface area contributed by atoms with Gasteiger partial charge < -0.3 is 14.5 Å². The first-order valence-electron chi connectivity index (χ1n) is 12.8. The lowest BCUT2D eigenvalue weighted by Crippen LogP contribution is -2.68. The van der Waals surface area contributed by atoms with Crippen LogP contribution in [0.5, 0.6) is 5.75 Å². The Hall–Kier alpha value is -2.49. The summed E-state index contributed by atoms with van der Waals surface area (Å²) in [6, 6.07) is 2.80. The smallest absolute Gasteiger partial charge is 0.197 e. The highest BCUT2D eigenvalue weighted by Gasteiger charge is 2.50. The minimum absolute atomic E-state index is 0.344. The number of aromatic amines is 1. The zero-order valence-electron chi connectivity index (χ0n) is 20.6. The third kappa shape index (κ3) is 3.42. The van der Waals surface area contributed by atoms with E-state index >= 15 is 0 Å². The third-order valence-electron chi connectivity index (χ3n) is 8.29. The number of likely N-dealkylation sites (tertiary alicyclic amines) is 1. The first-order valence-corrected chi connectivity index (χ1v) is 13.6. The Balaban J connectivity index is 1.14. The lowest BCUT2D eigenvalue weighted by Gasteiger charge is -2.58. The highest BCUT2D eigenvalue weighted by Crippen LogP contribution is 2.45. The van der Waals surface area contributed by atoms with Crippen molar-refractivity contribution in [3.05, 3.63) is 29.2 Å². The Morgan fingerprint density at radius 1 is 1.20 bits per heavy atom. The fourth-order valence-corrected chi connectivity index (χ4v) is 7.54. The van der Waals surface area contributed by atoms with Gasteiger partial charge in [-0.05, 0) is 37.7 Å². The summed E-state index contributed by atoms with van der Waals surface area (Å²) in [5.74, 6) is 1.64. The Labute approximate surface area is 208 Å². The monoisotopic (exact) mass is 492 g/mol. The average Bonchev–Trinajstić information content (AvgIpc) is 3.50. The van der Waals surface area contributed by atoms with E-state index < -0.39 is 0 Å². The molecule has 3 aliphatic rings. The first-order chi connectivity index (χ1) is 17.0. The van der Waals surface area contributed by atoms with E-state index in [1.807, 2.05) is 23.6 Å². The van der Waals surface area contributed by atoms with E-state index in [9.17, 15) is 0 Å². The Morgan fingerprint density at radius 2 is 2.00 bits per heavy atom. The average molecular weight is 493 g/mol. The predicted molar refractivity (Wildman–Crippen MR) is 136 cm³/mol. The summed E-state index contributed by atoms with van der Waals surface area (Å²) in [7, 11) is 1.68. The molecule has 7 rings (SSSR count). The lowest BCUT2D eigenvalue weighted by atomic mass is 9.75. The molecule has 1 saturated carbocycles. The van der Waals surface area contributed by atoms with Crippen LogP contribution >= 0.6 is 11.3 Å². The SMILES string of the molecule is COc1cc(-c2[nH]c3sc(C4CCC(N5CC6(COC6)C5)CC4)nc3c2C(C)C)cn2ncnc12. The molecule has 184 valence electrons. The van der Waals surface area contributed by atoms with Crippen molar-refractivity contribution in [3.8, 4) is 17.0 Å². The van der Waals surface area contributed by atoms with Gasteiger partial charge in [-0.25, -0.2) is 14.5 Å². The molecule has 2 aliphatic heterocycles. The van der Waals surface area contributed by atoms with E-state index in [2.05, 4.69) is 33.8 Å². The topological polar surface area (TPSA) is 80.6 Å². The Kier molecular flexibility index (Phi) is 4.98. The molecule has 2 saturated heterocycles. The molecule has 0 bridgehead atoms. The number of methoxy groups -OCH3 is 1. The van der Waals surface area contributed by atoms with Crippen LogP contribution in [0.2, 0.25) is 0 Å². The second-order valence-corrected chi connectivity index (χ2v) is 12.1. The first kappa shape index (κ1) is 21.8. The van der Waals surface area contributed by atoms with Crippen molar-refractivity contribution in [2.45, 2.75) is 57.4 Å². The second kappa shape index (κ2) is 8.01. The molecule has 0 unspecified atom stereocenters. The minimum Gasteiger partial charge on any atom is -0.493 e. The molecule has 3 fully saturated rings. The maximum Gasteiger partial charge on any atom is 0.197 e. The molecular formula is C26H32N6O2S. The van der Waals surface area contributed by atoms with E-state index in [4.69, 9.17) is 14.5 Å². The number of hydrogen-bond donors (Lipinski definition) is 1. The predicted octanol–water partition coefficient (Wildman–Crippen LogP) is 4.82. The number of ether oxygens (including phenoxy) is 2. The normalized spacial score (nSPS) is 24.3. The Morgan fingerprint density at radius 3 is 2.69 bits per heavy atom. The summed E-state index contributed by atoms with van der Waals surface area (Å²) in [6.07, 6.45) is 8.63. The molecule has 0 amide bonds. The molecule has 6 heterocycles. The van der Waals surface area contributed by atoms with Crippen molar-refractivity contribution in [2.75, 3.05) is 33.4 Å². The van der Waals surface area contributed by atoms with Crippen LogP contribution < -0.4 is 4.74 Å².